The Morgan fingerprint density at radius 1 is 0.690 bits per heavy atom. The largest absolute Gasteiger partial charge is 0.456 e. The highest BCUT2D eigenvalue weighted by Crippen LogP contribution is 2.43. The highest BCUT2D eigenvalue weighted by Gasteiger charge is 2.43. The van der Waals surface area contributed by atoms with E-state index in [2.05, 4.69) is 45.2 Å². The fourth-order valence-electron chi connectivity index (χ4n) is 7.30. The zero-order valence-electron chi connectivity index (χ0n) is 35.3. The van der Waals surface area contributed by atoms with Gasteiger partial charge in [0.2, 0.25) is 6.79 Å². The van der Waals surface area contributed by atoms with E-state index >= 15 is 0 Å². The molecule has 312 valence electrons. The number of ether oxygens (including phenoxy) is 5. The van der Waals surface area contributed by atoms with Crippen molar-refractivity contribution in [1.82, 2.24) is 0 Å². The van der Waals surface area contributed by atoms with Crippen molar-refractivity contribution in [2.24, 2.45) is 5.41 Å². The summed E-state index contributed by atoms with van der Waals surface area (Å²) in [7, 11) is 0. The number of hydrogen-bond acceptors (Lipinski definition) is 9. The average Bonchev–Trinajstić information content (AvgIpc) is 3.67. The van der Waals surface area contributed by atoms with Gasteiger partial charge in [-0.05, 0) is 174 Å². The van der Waals surface area contributed by atoms with Crippen LogP contribution in [-0.4, -0.2) is 36.3 Å². The number of rotatable bonds is 16. The molecule has 0 heterocycles. The topological polar surface area (TPSA) is 114 Å². The van der Waals surface area contributed by atoms with Crippen molar-refractivity contribution in [2.75, 3.05) is 6.79 Å². The molecule has 0 aliphatic heterocycles. The first kappa shape index (κ1) is 47.0. The summed E-state index contributed by atoms with van der Waals surface area (Å²) in [5.41, 5.74) is -1.02. The molecule has 3 aromatic rings. The van der Waals surface area contributed by atoms with E-state index in [-0.39, 0.29) is 28.9 Å². The van der Waals surface area contributed by atoms with Crippen LogP contribution in [0.4, 0.5) is 0 Å². The summed E-state index contributed by atoms with van der Waals surface area (Å²) in [5, 5.41) is 0. The van der Waals surface area contributed by atoms with E-state index in [1.807, 2.05) is 88.4 Å². The number of carbonyl (C=O) groups is 4. The van der Waals surface area contributed by atoms with Gasteiger partial charge in [0.1, 0.15) is 28.1 Å². The maximum atomic E-state index is 14.4. The van der Waals surface area contributed by atoms with E-state index in [4.69, 9.17) is 23.7 Å². The molecule has 1 saturated carbocycles. The third-order valence-electron chi connectivity index (χ3n) is 11.4. The molecule has 1 aliphatic carbocycles. The average molecular weight is 1020 g/mol. The second kappa shape index (κ2) is 19.6. The number of allylic oxidation sites excluding steroid dienone is 1. The van der Waals surface area contributed by atoms with Crippen molar-refractivity contribution < 1.29 is 42.9 Å². The minimum absolute atomic E-state index is 0.153. The van der Waals surface area contributed by atoms with Gasteiger partial charge < -0.3 is 23.7 Å². The molecule has 0 spiro atoms. The second-order valence-corrected chi connectivity index (χ2v) is 18.4. The van der Waals surface area contributed by atoms with Gasteiger partial charge in [-0.3, -0.25) is 4.79 Å². The Balaban J connectivity index is 1.68. The van der Waals surface area contributed by atoms with Crippen molar-refractivity contribution in [3.05, 3.63) is 119 Å². The van der Waals surface area contributed by atoms with Crippen LogP contribution in [-0.2, 0) is 44.5 Å². The van der Waals surface area contributed by atoms with E-state index < -0.39 is 52.9 Å². The molecular weight excluding hydrogens is 962 g/mol. The summed E-state index contributed by atoms with van der Waals surface area (Å²) in [6.45, 7) is 17.2. The molecule has 3 aromatic carbocycles. The molecule has 9 nitrogen and oxygen atoms in total. The van der Waals surface area contributed by atoms with Crippen LogP contribution in [0.15, 0.2) is 95.1 Å². The van der Waals surface area contributed by atoms with Gasteiger partial charge >= 0.3 is 23.9 Å². The van der Waals surface area contributed by atoms with E-state index in [0.717, 1.165) is 44.0 Å². The van der Waals surface area contributed by atoms with Gasteiger partial charge in [-0.1, -0.05) is 74.5 Å². The molecule has 0 amide bonds. The molecule has 4 rings (SSSR count). The molecule has 11 heteroatoms. The third-order valence-corrected chi connectivity index (χ3v) is 14.2. The number of hydrogen-bond donors (Lipinski definition) is 0. The summed E-state index contributed by atoms with van der Waals surface area (Å²) in [5.74, 6) is -2.27. The van der Waals surface area contributed by atoms with E-state index in [0.29, 0.717) is 17.6 Å². The van der Waals surface area contributed by atoms with Gasteiger partial charge in [0.25, 0.3) is 0 Å². The zero-order chi connectivity index (χ0) is 43.1. The normalized spacial score (nSPS) is 15.9. The van der Waals surface area contributed by atoms with Crippen LogP contribution in [0.1, 0.15) is 129 Å². The summed E-state index contributed by atoms with van der Waals surface area (Å²) in [6.07, 6.45) is 4.41. The lowest BCUT2D eigenvalue weighted by molar-refractivity contribution is -0.160. The molecule has 58 heavy (non-hydrogen) atoms. The van der Waals surface area contributed by atoms with Crippen LogP contribution < -0.4 is 4.74 Å². The van der Waals surface area contributed by atoms with Crippen molar-refractivity contribution in [3.8, 4) is 5.75 Å². The minimum Gasteiger partial charge on any atom is -0.456 e. The van der Waals surface area contributed by atoms with Crippen LogP contribution in [0.5, 0.6) is 5.75 Å². The summed E-state index contributed by atoms with van der Waals surface area (Å²) in [4.78, 5) is 56.0. The van der Waals surface area contributed by atoms with Crippen molar-refractivity contribution in [2.45, 2.75) is 125 Å². The molecule has 0 saturated heterocycles. The predicted octanol–water partition coefficient (Wildman–Crippen LogP) is 11.7. The van der Waals surface area contributed by atoms with Crippen molar-refractivity contribution in [3.63, 3.8) is 0 Å². The molecule has 1 aliphatic rings. The standard InChI is InChI=1S/C47H56I2O9/c1-11-46(10,43(53)55-29-54-38-28-37(49)36(48)27-35(38)42(52)57-45(8,9)34-23-17-14-18-24-34)39(30(3)31(4)40(50)58-47(12-2)25-19-20-26-47)32(5)41(51)56-44(6,7)33-21-15-13-16-22-33/h13-18,21-24,27-28H,11-12,19-20,25-26,29H2,1-10H3/b31-30+,39-32+. The van der Waals surface area contributed by atoms with E-state index in [9.17, 15) is 19.2 Å². The Labute approximate surface area is 370 Å². The van der Waals surface area contributed by atoms with Crippen LogP contribution in [0.25, 0.3) is 0 Å². The third kappa shape index (κ3) is 10.9. The smallest absolute Gasteiger partial charge is 0.342 e. The number of carbonyl (C=O) groups excluding carboxylic acids is 4. The lowest BCUT2D eigenvalue weighted by Gasteiger charge is -2.33. The van der Waals surface area contributed by atoms with Gasteiger partial charge in [-0.2, -0.15) is 0 Å². The SMILES string of the molecule is CCC1(OC(=O)/C(C)=C(C)/C(=C(/C)C(=O)OC(C)(C)c2ccccc2)C(C)(CC)C(=O)OCOc2cc(I)c(I)cc2C(=O)OC(C)(C)c2ccccc2)CCCC1. The summed E-state index contributed by atoms with van der Waals surface area (Å²) < 4.78 is 31.8. The Hall–Kier alpha value is -3.72. The lowest BCUT2D eigenvalue weighted by Crippen LogP contribution is -2.36. The minimum atomic E-state index is -1.45. The molecule has 0 aromatic heterocycles. The predicted molar refractivity (Wildman–Crippen MR) is 241 cm³/mol. The fourth-order valence-corrected chi connectivity index (χ4v) is 8.21. The van der Waals surface area contributed by atoms with Gasteiger partial charge in [0, 0.05) is 18.3 Å². The second-order valence-electron chi connectivity index (χ2n) is 16.1. The molecular formula is C47H56I2O9. The van der Waals surface area contributed by atoms with Crippen LogP contribution >= 0.6 is 45.2 Å². The highest BCUT2D eigenvalue weighted by atomic mass is 127. The molecule has 1 unspecified atom stereocenters. The Morgan fingerprint density at radius 3 is 1.72 bits per heavy atom. The molecule has 1 atom stereocenters. The molecule has 1 fully saturated rings. The summed E-state index contributed by atoms with van der Waals surface area (Å²) in [6, 6.07) is 22.2. The maximum Gasteiger partial charge on any atom is 0.342 e. The monoisotopic (exact) mass is 1020 g/mol. The van der Waals surface area contributed by atoms with Gasteiger partial charge in [-0.25, -0.2) is 14.4 Å². The zero-order valence-corrected chi connectivity index (χ0v) is 39.6. The van der Waals surface area contributed by atoms with Crippen molar-refractivity contribution >= 4 is 69.1 Å². The van der Waals surface area contributed by atoms with E-state index in [1.165, 1.54) is 0 Å². The molecule has 0 N–H and O–H groups in total. The number of halogens is 2. The number of esters is 4. The number of benzene rings is 3. The van der Waals surface area contributed by atoms with Gasteiger partial charge in [-0.15, -0.1) is 0 Å². The van der Waals surface area contributed by atoms with Crippen LogP contribution in [0.2, 0.25) is 0 Å². The first-order chi connectivity index (χ1) is 27.2. The molecule has 0 bridgehead atoms. The Bertz CT molecular complexity index is 2040. The van der Waals surface area contributed by atoms with Crippen molar-refractivity contribution in [1.29, 1.82) is 0 Å². The van der Waals surface area contributed by atoms with Crippen LogP contribution in [0, 0.1) is 12.6 Å². The Morgan fingerprint density at radius 2 is 1.21 bits per heavy atom. The Kier molecular flexibility index (Phi) is 15.8. The highest BCUT2D eigenvalue weighted by molar-refractivity contribution is 14.1. The van der Waals surface area contributed by atoms with Crippen LogP contribution in [0.3, 0.4) is 0 Å². The summed E-state index contributed by atoms with van der Waals surface area (Å²) >= 11 is 4.28. The van der Waals surface area contributed by atoms with Gasteiger partial charge in [0.15, 0.2) is 0 Å². The fraction of sp³-hybridized carbons (Fsp3) is 0.447. The molecule has 0 radical (unpaired) electrons. The quantitative estimate of drug-likeness (QED) is 0.0345. The lowest BCUT2D eigenvalue weighted by atomic mass is 9.73. The first-order valence-electron chi connectivity index (χ1n) is 19.7. The maximum absolute atomic E-state index is 14.4. The first-order valence-corrected chi connectivity index (χ1v) is 21.9. The van der Waals surface area contributed by atoms with Gasteiger partial charge in [0.05, 0.1) is 5.41 Å². The van der Waals surface area contributed by atoms with E-state index in [1.54, 1.807) is 53.7 Å².